The molecule has 2 aromatic heterocycles. The zero-order valence-corrected chi connectivity index (χ0v) is 15.6. The van der Waals surface area contributed by atoms with Gasteiger partial charge >= 0.3 is 0 Å². The van der Waals surface area contributed by atoms with Crippen molar-refractivity contribution in [1.82, 2.24) is 9.88 Å². The summed E-state index contributed by atoms with van der Waals surface area (Å²) in [5.41, 5.74) is 3.48. The number of carbonyl (C=O) groups is 2. The summed E-state index contributed by atoms with van der Waals surface area (Å²) in [6.07, 6.45) is 1.55. The number of anilines is 1. The normalized spacial score (nSPS) is 10.8. The first kappa shape index (κ1) is 18.5. The number of amides is 2. The molecule has 2 N–H and O–H groups in total. The van der Waals surface area contributed by atoms with Crippen LogP contribution in [0.15, 0.2) is 71.3 Å². The van der Waals surface area contributed by atoms with Gasteiger partial charge in [0.1, 0.15) is 11.5 Å². The van der Waals surface area contributed by atoms with Crippen LogP contribution in [0.25, 0.3) is 11.1 Å². The topological polar surface area (TPSA) is 76.3 Å². The van der Waals surface area contributed by atoms with Crippen LogP contribution in [-0.4, -0.2) is 23.4 Å². The second-order valence-electron chi connectivity index (χ2n) is 6.53. The number of aromatic nitrogens is 1. The van der Waals surface area contributed by atoms with Gasteiger partial charge in [0.05, 0.1) is 11.8 Å². The molecule has 6 nitrogen and oxygen atoms in total. The highest BCUT2D eigenvalue weighted by Crippen LogP contribution is 2.24. The fraction of sp³-hybridized carbons (Fsp3) is 0.0909. The van der Waals surface area contributed by atoms with Crippen LogP contribution in [0.5, 0.6) is 0 Å². The summed E-state index contributed by atoms with van der Waals surface area (Å²) in [6, 6.07) is 16.2. The van der Waals surface area contributed by atoms with Crippen molar-refractivity contribution in [2.75, 3.05) is 12.4 Å². The standard InChI is InChI=1S/C22H18FN3O3/c1-24-21(27)15-5-7-17(8-6-15)25-22(28)19-12-20-18(9-10-29-20)26(19)13-14-3-2-4-16(23)11-14/h2-12H,13H2,1H3,(H,24,27)(H,25,28). The lowest BCUT2D eigenvalue weighted by Gasteiger charge is -2.11. The molecule has 29 heavy (non-hydrogen) atoms. The van der Waals surface area contributed by atoms with Crippen LogP contribution in [0.4, 0.5) is 10.1 Å². The Kier molecular flexibility index (Phi) is 4.87. The summed E-state index contributed by atoms with van der Waals surface area (Å²) in [4.78, 5) is 24.5. The molecular formula is C22H18FN3O3. The molecule has 0 aliphatic rings. The van der Waals surface area contributed by atoms with Gasteiger partial charge in [-0.2, -0.15) is 0 Å². The Morgan fingerprint density at radius 3 is 2.55 bits per heavy atom. The van der Waals surface area contributed by atoms with Crippen LogP contribution in [0.1, 0.15) is 26.4 Å². The minimum atomic E-state index is -0.333. The molecule has 2 aromatic carbocycles. The van der Waals surface area contributed by atoms with Crippen molar-refractivity contribution < 1.29 is 18.4 Å². The maximum absolute atomic E-state index is 13.6. The number of carbonyl (C=O) groups excluding carboxylic acids is 2. The van der Waals surface area contributed by atoms with Crippen molar-refractivity contribution in [3.63, 3.8) is 0 Å². The van der Waals surface area contributed by atoms with Crippen LogP contribution in [-0.2, 0) is 6.54 Å². The van der Waals surface area contributed by atoms with Crippen LogP contribution in [0, 0.1) is 5.82 Å². The van der Waals surface area contributed by atoms with Crippen molar-refractivity contribution in [3.8, 4) is 0 Å². The average molecular weight is 391 g/mol. The van der Waals surface area contributed by atoms with E-state index < -0.39 is 0 Å². The number of benzene rings is 2. The van der Waals surface area contributed by atoms with Crippen LogP contribution < -0.4 is 10.6 Å². The largest absolute Gasteiger partial charge is 0.463 e. The average Bonchev–Trinajstić information content (AvgIpc) is 3.31. The van der Waals surface area contributed by atoms with Crippen molar-refractivity contribution in [2.45, 2.75) is 6.54 Å². The van der Waals surface area contributed by atoms with Crippen molar-refractivity contribution in [1.29, 1.82) is 0 Å². The molecule has 0 saturated heterocycles. The van der Waals surface area contributed by atoms with Crippen molar-refractivity contribution in [2.24, 2.45) is 0 Å². The highest BCUT2D eigenvalue weighted by atomic mass is 19.1. The van der Waals surface area contributed by atoms with E-state index in [1.54, 1.807) is 66.4 Å². The molecule has 0 saturated carbocycles. The van der Waals surface area contributed by atoms with E-state index in [1.807, 2.05) is 0 Å². The number of hydrogen-bond donors (Lipinski definition) is 2. The Morgan fingerprint density at radius 2 is 1.83 bits per heavy atom. The monoisotopic (exact) mass is 391 g/mol. The first-order chi connectivity index (χ1) is 14.0. The molecule has 0 spiro atoms. The lowest BCUT2D eigenvalue weighted by Crippen LogP contribution is -2.19. The van der Waals surface area contributed by atoms with Gasteiger partial charge < -0.3 is 19.6 Å². The number of nitrogens with one attached hydrogen (secondary N) is 2. The summed E-state index contributed by atoms with van der Waals surface area (Å²) >= 11 is 0. The SMILES string of the molecule is CNC(=O)c1ccc(NC(=O)c2cc3occc3n2Cc2cccc(F)c2)cc1. The molecule has 0 aliphatic heterocycles. The highest BCUT2D eigenvalue weighted by Gasteiger charge is 2.18. The summed E-state index contributed by atoms with van der Waals surface area (Å²) in [5, 5.41) is 5.37. The fourth-order valence-electron chi connectivity index (χ4n) is 3.20. The molecule has 0 unspecified atom stereocenters. The molecule has 4 aromatic rings. The quantitative estimate of drug-likeness (QED) is 0.539. The van der Waals surface area contributed by atoms with E-state index in [0.29, 0.717) is 29.1 Å². The van der Waals surface area contributed by atoms with E-state index in [0.717, 1.165) is 11.1 Å². The Labute approximate surface area is 165 Å². The zero-order chi connectivity index (χ0) is 20.4. The van der Waals surface area contributed by atoms with E-state index >= 15 is 0 Å². The maximum atomic E-state index is 13.6. The third-order valence-electron chi connectivity index (χ3n) is 4.62. The molecule has 0 atom stereocenters. The van der Waals surface area contributed by atoms with Gasteiger partial charge in [0, 0.05) is 37.0 Å². The zero-order valence-electron chi connectivity index (χ0n) is 15.6. The Morgan fingerprint density at radius 1 is 1.03 bits per heavy atom. The predicted molar refractivity (Wildman–Crippen MR) is 107 cm³/mol. The number of hydrogen-bond acceptors (Lipinski definition) is 3. The molecule has 7 heteroatoms. The van der Waals surface area contributed by atoms with Gasteiger partial charge in [-0.1, -0.05) is 12.1 Å². The molecule has 0 aliphatic carbocycles. The van der Waals surface area contributed by atoms with Gasteiger partial charge in [0.25, 0.3) is 11.8 Å². The summed E-state index contributed by atoms with van der Waals surface area (Å²) in [7, 11) is 1.56. The minimum Gasteiger partial charge on any atom is -0.463 e. The van der Waals surface area contributed by atoms with Gasteiger partial charge in [0.15, 0.2) is 5.58 Å². The number of furan rings is 1. The third-order valence-corrected chi connectivity index (χ3v) is 4.62. The van der Waals surface area contributed by atoms with Gasteiger partial charge in [-0.25, -0.2) is 4.39 Å². The third kappa shape index (κ3) is 3.75. The van der Waals surface area contributed by atoms with E-state index in [2.05, 4.69) is 10.6 Å². The van der Waals surface area contributed by atoms with Gasteiger partial charge in [-0.05, 0) is 42.0 Å². The molecular weight excluding hydrogens is 373 g/mol. The maximum Gasteiger partial charge on any atom is 0.272 e. The second kappa shape index (κ2) is 7.63. The van der Waals surface area contributed by atoms with E-state index in [4.69, 9.17) is 4.42 Å². The Hall–Kier alpha value is -3.87. The molecule has 0 fully saturated rings. The number of fused-ring (bicyclic) bond motifs is 1. The number of halogens is 1. The minimum absolute atomic E-state index is 0.202. The molecule has 2 amide bonds. The lowest BCUT2D eigenvalue weighted by atomic mass is 10.2. The van der Waals surface area contributed by atoms with Crippen molar-refractivity contribution in [3.05, 3.63) is 89.6 Å². The molecule has 0 bridgehead atoms. The molecule has 0 radical (unpaired) electrons. The van der Waals surface area contributed by atoms with Crippen LogP contribution >= 0.6 is 0 Å². The summed E-state index contributed by atoms with van der Waals surface area (Å²) in [5.74, 6) is -0.868. The number of rotatable bonds is 5. The van der Waals surface area contributed by atoms with Crippen LogP contribution in [0.3, 0.4) is 0 Å². The Bertz CT molecular complexity index is 1190. The first-order valence-corrected chi connectivity index (χ1v) is 9.00. The first-order valence-electron chi connectivity index (χ1n) is 9.00. The van der Waals surface area contributed by atoms with Gasteiger partial charge in [-0.3, -0.25) is 9.59 Å². The summed E-state index contributed by atoms with van der Waals surface area (Å²) < 4.78 is 20.8. The van der Waals surface area contributed by atoms with Crippen LogP contribution in [0.2, 0.25) is 0 Å². The molecule has 4 rings (SSSR count). The Balaban J connectivity index is 1.62. The molecule has 2 heterocycles. The van der Waals surface area contributed by atoms with E-state index in [9.17, 15) is 14.0 Å². The van der Waals surface area contributed by atoms with Gasteiger partial charge in [0.2, 0.25) is 0 Å². The lowest BCUT2D eigenvalue weighted by molar-refractivity contribution is 0.0962. The highest BCUT2D eigenvalue weighted by molar-refractivity contribution is 6.06. The van der Waals surface area contributed by atoms with E-state index in [1.165, 1.54) is 12.1 Å². The molecule has 146 valence electrons. The second-order valence-corrected chi connectivity index (χ2v) is 6.53. The van der Waals surface area contributed by atoms with Gasteiger partial charge in [-0.15, -0.1) is 0 Å². The van der Waals surface area contributed by atoms with E-state index in [-0.39, 0.29) is 17.6 Å². The fourth-order valence-corrected chi connectivity index (χ4v) is 3.20. The van der Waals surface area contributed by atoms with Crippen molar-refractivity contribution >= 4 is 28.6 Å². The smallest absolute Gasteiger partial charge is 0.272 e. The number of nitrogens with zero attached hydrogens (tertiary/aromatic N) is 1. The summed E-state index contributed by atoms with van der Waals surface area (Å²) in [6.45, 7) is 0.319. The predicted octanol–water partition coefficient (Wildman–Crippen LogP) is 4.03.